The molecule has 1 aliphatic rings. The number of aryl methyl sites for hydroxylation is 1. The molecule has 6 nitrogen and oxygen atoms in total. The van der Waals surface area contributed by atoms with Crippen LogP contribution < -0.4 is 5.32 Å². The second kappa shape index (κ2) is 6.82. The maximum Gasteiger partial charge on any atom is 0.248 e. The van der Waals surface area contributed by atoms with E-state index in [9.17, 15) is 4.79 Å². The van der Waals surface area contributed by atoms with Crippen LogP contribution >= 0.6 is 11.3 Å². The molecule has 3 rings (SSSR count). The van der Waals surface area contributed by atoms with Crippen LogP contribution in [0.2, 0.25) is 0 Å². The number of nitrogens with one attached hydrogen (secondary N) is 1. The molecule has 7 heteroatoms. The van der Waals surface area contributed by atoms with Crippen molar-refractivity contribution in [2.45, 2.75) is 31.8 Å². The van der Waals surface area contributed by atoms with Gasteiger partial charge in [-0.2, -0.15) is 11.3 Å². The standard InChI is InChI=1S/C14H17N3O3S/c18-12(15-8-11-2-1-6-19-11)3-4-13-16-17-14(20-13)10-5-7-21-9-10/h5,7,9,11H,1-4,6,8H2,(H,15,18). The van der Waals surface area contributed by atoms with Crippen LogP contribution in [-0.4, -0.2) is 35.4 Å². The molecule has 1 aliphatic heterocycles. The number of carbonyl (C=O) groups excluding carboxylic acids is 1. The molecule has 0 bridgehead atoms. The Morgan fingerprint density at radius 2 is 2.43 bits per heavy atom. The number of aromatic nitrogens is 2. The molecule has 1 saturated heterocycles. The summed E-state index contributed by atoms with van der Waals surface area (Å²) in [5, 5.41) is 14.7. The van der Waals surface area contributed by atoms with Gasteiger partial charge in [0, 0.05) is 36.9 Å². The quantitative estimate of drug-likeness (QED) is 0.883. The van der Waals surface area contributed by atoms with Gasteiger partial charge in [0.1, 0.15) is 0 Å². The average molecular weight is 307 g/mol. The van der Waals surface area contributed by atoms with Crippen LogP contribution in [0.25, 0.3) is 11.5 Å². The van der Waals surface area contributed by atoms with Crippen LogP contribution in [0, 0.1) is 0 Å². The molecule has 2 aromatic heterocycles. The van der Waals surface area contributed by atoms with Crippen molar-refractivity contribution in [3.8, 4) is 11.5 Å². The van der Waals surface area contributed by atoms with Crippen molar-refractivity contribution in [3.05, 3.63) is 22.7 Å². The number of hydrogen-bond acceptors (Lipinski definition) is 6. The van der Waals surface area contributed by atoms with Crippen LogP contribution in [0.3, 0.4) is 0 Å². The molecule has 1 amide bonds. The molecule has 0 spiro atoms. The summed E-state index contributed by atoms with van der Waals surface area (Å²) >= 11 is 1.58. The fraction of sp³-hybridized carbons (Fsp3) is 0.500. The van der Waals surface area contributed by atoms with Gasteiger partial charge >= 0.3 is 0 Å². The molecular weight excluding hydrogens is 290 g/mol. The van der Waals surface area contributed by atoms with Gasteiger partial charge in [0.05, 0.1) is 6.10 Å². The molecule has 1 atom stereocenters. The van der Waals surface area contributed by atoms with E-state index in [1.807, 2.05) is 16.8 Å². The molecule has 0 saturated carbocycles. The summed E-state index contributed by atoms with van der Waals surface area (Å²) in [7, 11) is 0. The van der Waals surface area contributed by atoms with E-state index in [1.54, 1.807) is 11.3 Å². The lowest BCUT2D eigenvalue weighted by molar-refractivity contribution is -0.121. The Kier molecular flexibility index (Phi) is 4.62. The fourth-order valence-electron chi connectivity index (χ4n) is 2.20. The highest BCUT2D eigenvalue weighted by Crippen LogP contribution is 2.20. The lowest BCUT2D eigenvalue weighted by atomic mass is 10.2. The third-order valence-electron chi connectivity index (χ3n) is 3.35. The van der Waals surface area contributed by atoms with Crippen molar-refractivity contribution < 1.29 is 13.9 Å². The van der Waals surface area contributed by atoms with Crippen LogP contribution in [0.1, 0.15) is 25.2 Å². The van der Waals surface area contributed by atoms with Crippen LogP contribution in [0.5, 0.6) is 0 Å². The van der Waals surface area contributed by atoms with Gasteiger partial charge in [0.2, 0.25) is 17.7 Å². The summed E-state index contributed by atoms with van der Waals surface area (Å²) in [6, 6.07) is 1.93. The lowest BCUT2D eigenvalue weighted by Crippen LogP contribution is -2.31. The van der Waals surface area contributed by atoms with Gasteiger partial charge in [-0.15, -0.1) is 10.2 Å². The van der Waals surface area contributed by atoms with E-state index in [1.165, 1.54) is 0 Å². The zero-order chi connectivity index (χ0) is 14.5. The number of hydrogen-bond donors (Lipinski definition) is 1. The molecule has 1 N–H and O–H groups in total. The van der Waals surface area contributed by atoms with E-state index in [-0.39, 0.29) is 12.0 Å². The fourth-order valence-corrected chi connectivity index (χ4v) is 2.83. The smallest absolute Gasteiger partial charge is 0.248 e. The summed E-state index contributed by atoms with van der Waals surface area (Å²) in [4.78, 5) is 11.8. The van der Waals surface area contributed by atoms with Crippen molar-refractivity contribution >= 4 is 17.2 Å². The van der Waals surface area contributed by atoms with Crippen LogP contribution in [0.4, 0.5) is 0 Å². The number of ether oxygens (including phenoxy) is 1. The van der Waals surface area contributed by atoms with E-state index >= 15 is 0 Å². The van der Waals surface area contributed by atoms with E-state index in [0.29, 0.717) is 31.2 Å². The van der Waals surface area contributed by atoms with Gasteiger partial charge in [0.25, 0.3) is 0 Å². The molecule has 2 aromatic rings. The first-order chi connectivity index (χ1) is 10.3. The maximum absolute atomic E-state index is 11.8. The van der Waals surface area contributed by atoms with Crippen molar-refractivity contribution in [2.75, 3.05) is 13.2 Å². The molecule has 3 heterocycles. The van der Waals surface area contributed by atoms with Gasteiger partial charge < -0.3 is 14.5 Å². The summed E-state index contributed by atoms with van der Waals surface area (Å²) in [5.41, 5.74) is 0.918. The van der Waals surface area contributed by atoms with Crippen LogP contribution in [-0.2, 0) is 16.0 Å². The first-order valence-electron chi connectivity index (χ1n) is 7.04. The highest BCUT2D eigenvalue weighted by atomic mass is 32.1. The monoisotopic (exact) mass is 307 g/mol. The highest BCUT2D eigenvalue weighted by Gasteiger charge is 2.16. The van der Waals surface area contributed by atoms with Gasteiger partial charge in [0.15, 0.2) is 0 Å². The molecule has 21 heavy (non-hydrogen) atoms. The topological polar surface area (TPSA) is 77.2 Å². The number of amides is 1. The third-order valence-corrected chi connectivity index (χ3v) is 4.04. The summed E-state index contributed by atoms with van der Waals surface area (Å²) in [6.07, 6.45) is 3.07. The van der Waals surface area contributed by atoms with Crippen molar-refractivity contribution in [1.82, 2.24) is 15.5 Å². The van der Waals surface area contributed by atoms with E-state index < -0.39 is 0 Å². The van der Waals surface area contributed by atoms with Gasteiger partial charge in [-0.25, -0.2) is 0 Å². The van der Waals surface area contributed by atoms with Gasteiger partial charge in [-0.3, -0.25) is 4.79 Å². The summed E-state index contributed by atoms with van der Waals surface area (Å²) in [5.74, 6) is 0.982. The van der Waals surface area contributed by atoms with E-state index in [0.717, 1.165) is 25.0 Å². The van der Waals surface area contributed by atoms with E-state index in [2.05, 4.69) is 15.5 Å². The number of nitrogens with zero attached hydrogens (tertiary/aromatic N) is 2. The Balaban J connectivity index is 1.43. The largest absolute Gasteiger partial charge is 0.421 e. The van der Waals surface area contributed by atoms with Crippen molar-refractivity contribution in [2.24, 2.45) is 0 Å². The SMILES string of the molecule is O=C(CCc1nnc(-c2ccsc2)o1)NCC1CCCO1. The molecule has 0 radical (unpaired) electrons. The Morgan fingerprint density at radius 3 is 3.19 bits per heavy atom. The molecule has 0 aliphatic carbocycles. The maximum atomic E-state index is 11.8. The first-order valence-corrected chi connectivity index (χ1v) is 7.99. The average Bonchev–Trinajstić information content (AvgIpc) is 3.24. The van der Waals surface area contributed by atoms with E-state index in [4.69, 9.17) is 9.15 Å². The highest BCUT2D eigenvalue weighted by molar-refractivity contribution is 7.08. The Labute approximate surface area is 126 Å². The zero-order valence-electron chi connectivity index (χ0n) is 11.6. The van der Waals surface area contributed by atoms with Crippen LogP contribution in [0.15, 0.2) is 21.2 Å². The minimum absolute atomic E-state index is 0.0132. The Hall–Kier alpha value is -1.73. The summed E-state index contributed by atoms with van der Waals surface area (Å²) in [6.45, 7) is 1.39. The molecular formula is C14H17N3O3S. The minimum atomic E-state index is -0.0132. The second-order valence-corrected chi connectivity index (χ2v) is 5.73. The predicted molar refractivity (Wildman–Crippen MR) is 77.9 cm³/mol. The molecule has 0 aromatic carbocycles. The minimum Gasteiger partial charge on any atom is -0.421 e. The zero-order valence-corrected chi connectivity index (χ0v) is 12.4. The number of thiophene rings is 1. The summed E-state index contributed by atoms with van der Waals surface area (Å²) < 4.78 is 11.0. The normalized spacial score (nSPS) is 18.0. The molecule has 1 unspecified atom stereocenters. The lowest BCUT2D eigenvalue weighted by Gasteiger charge is -2.10. The first kappa shape index (κ1) is 14.2. The Morgan fingerprint density at radius 1 is 1.48 bits per heavy atom. The number of carbonyl (C=O) groups is 1. The van der Waals surface area contributed by atoms with Crippen molar-refractivity contribution in [3.63, 3.8) is 0 Å². The number of rotatable bonds is 6. The predicted octanol–water partition coefficient (Wildman–Crippen LogP) is 2.03. The Bertz CT molecular complexity index is 576. The second-order valence-electron chi connectivity index (χ2n) is 4.95. The van der Waals surface area contributed by atoms with Crippen molar-refractivity contribution in [1.29, 1.82) is 0 Å². The molecule has 1 fully saturated rings. The molecule has 112 valence electrons. The van der Waals surface area contributed by atoms with Gasteiger partial charge in [-0.1, -0.05) is 0 Å². The van der Waals surface area contributed by atoms with Gasteiger partial charge in [-0.05, 0) is 24.3 Å². The third kappa shape index (κ3) is 3.89.